The van der Waals surface area contributed by atoms with Crippen molar-refractivity contribution in [3.05, 3.63) is 58.1 Å². The fourth-order valence-electron chi connectivity index (χ4n) is 4.74. The summed E-state index contributed by atoms with van der Waals surface area (Å²) in [7, 11) is -3.75. The number of aryl methyl sites for hydroxylation is 2. The van der Waals surface area contributed by atoms with Gasteiger partial charge in [-0.1, -0.05) is 25.1 Å². The molecule has 3 aromatic rings. The summed E-state index contributed by atoms with van der Waals surface area (Å²) in [6.45, 7) is 5.75. The molecular weight excluding hydrogens is 442 g/mol. The smallest absolute Gasteiger partial charge is 0.279 e. The zero-order chi connectivity index (χ0) is 23.3. The molecule has 0 spiro atoms. The van der Waals surface area contributed by atoms with E-state index in [-0.39, 0.29) is 29.4 Å². The lowest BCUT2D eigenvalue weighted by atomic mass is 10.00. The number of rotatable bonds is 5. The number of hydrogen-bond acceptors (Lipinski definition) is 5. The van der Waals surface area contributed by atoms with Crippen molar-refractivity contribution < 1.29 is 23.1 Å². The van der Waals surface area contributed by atoms with E-state index in [0.29, 0.717) is 35.9 Å². The Balaban J connectivity index is 1.79. The van der Waals surface area contributed by atoms with Gasteiger partial charge >= 0.3 is 0 Å². The topological polar surface area (TPSA) is 101 Å². The minimum atomic E-state index is -3.75. The predicted molar refractivity (Wildman–Crippen MR) is 123 cm³/mol. The van der Waals surface area contributed by atoms with Crippen LogP contribution in [0.3, 0.4) is 0 Å². The molecule has 2 aliphatic rings. The molecule has 1 N–H and O–H groups in total. The highest BCUT2D eigenvalue weighted by Crippen LogP contribution is 2.38. The highest BCUT2D eigenvalue weighted by molar-refractivity contribution is 7.89. The molecule has 2 aliphatic heterocycles. The number of nitrogens with zero attached hydrogens (tertiary/aromatic N) is 3. The second kappa shape index (κ2) is 8.09. The Kier molecular flexibility index (Phi) is 5.35. The van der Waals surface area contributed by atoms with Gasteiger partial charge in [-0.05, 0) is 37.1 Å². The molecule has 5 rings (SSSR count). The number of carbonyl (C=O) groups excluding carboxylic acids is 1. The average molecular weight is 468 g/mol. The first-order valence-corrected chi connectivity index (χ1v) is 12.5. The van der Waals surface area contributed by atoms with E-state index >= 15 is 0 Å². The van der Waals surface area contributed by atoms with E-state index in [2.05, 4.69) is 4.99 Å². The van der Waals surface area contributed by atoms with Crippen molar-refractivity contribution in [1.82, 2.24) is 8.87 Å². The summed E-state index contributed by atoms with van der Waals surface area (Å²) in [6.07, 6.45) is 0.770. The van der Waals surface area contributed by atoms with Crippen molar-refractivity contribution in [3.63, 3.8) is 0 Å². The molecule has 1 saturated heterocycles. The molecule has 3 heterocycles. The molecule has 8 nitrogen and oxygen atoms in total. The number of sulfonamides is 1. The van der Waals surface area contributed by atoms with Crippen LogP contribution in [0.4, 0.5) is 0 Å². The number of benzene rings is 2. The zero-order valence-electron chi connectivity index (χ0n) is 18.5. The molecule has 33 heavy (non-hydrogen) atoms. The third-order valence-electron chi connectivity index (χ3n) is 6.37. The molecule has 0 unspecified atom stereocenters. The number of fused-ring (bicyclic) bond motifs is 2. The quantitative estimate of drug-likeness (QED) is 0.610. The van der Waals surface area contributed by atoms with E-state index < -0.39 is 15.9 Å². The number of amides is 1. The van der Waals surface area contributed by atoms with Gasteiger partial charge in [-0.2, -0.15) is 4.31 Å². The van der Waals surface area contributed by atoms with Gasteiger partial charge in [0.25, 0.3) is 5.91 Å². The Morgan fingerprint density at radius 3 is 2.58 bits per heavy atom. The van der Waals surface area contributed by atoms with Gasteiger partial charge in [0.15, 0.2) is 5.88 Å². The Morgan fingerprint density at radius 1 is 1.12 bits per heavy atom. The summed E-state index contributed by atoms with van der Waals surface area (Å²) in [4.78, 5) is 17.3. The van der Waals surface area contributed by atoms with Crippen LogP contribution in [0, 0.1) is 0 Å². The maximum Gasteiger partial charge on any atom is 0.279 e. The lowest BCUT2D eigenvalue weighted by Gasteiger charge is -2.26. The molecule has 172 valence electrons. The second-order valence-corrected chi connectivity index (χ2v) is 10.0. The Labute approximate surface area is 191 Å². The van der Waals surface area contributed by atoms with E-state index in [0.717, 1.165) is 22.9 Å². The molecule has 0 radical (unpaired) electrons. The van der Waals surface area contributed by atoms with E-state index in [1.54, 1.807) is 10.6 Å². The van der Waals surface area contributed by atoms with Gasteiger partial charge < -0.3 is 14.4 Å². The number of morpholine rings is 1. The van der Waals surface area contributed by atoms with Crippen LogP contribution >= 0.6 is 0 Å². The van der Waals surface area contributed by atoms with Crippen LogP contribution in [-0.2, 0) is 32.5 Å². The van der Waals surface area contributed by atoms with Crippen molar-refractivity contribution in [2.75, 3.05) is 26.3 Å². The number of ether oxygens (including phenoxy) is 1. The number of aromatic hydroxyl groups is 1. The number of para-hydroxylation sites is 1. The van der Waals surface area contributed by atoms with Gasteiger partial charge in [-0.15, -0.1) is 0 Å². The van der Waals surface area contributed by atoms with Crippen molar-refractivity contribution in [3.8, 4) is 5.88 Å². The molecule has 1 amide bonds. The molecule has 0 aliphatic carbocycles. The highest BCUT2D eigenvalue weighted by atomic mass is 32.2. The van der Waals surface area contributed by atoms with Gasteiger partial charge in [0.05, 0.1) is 40.1 Å². The third kappa shape index (κ3) is 3.30. The first kappa shape index (κ1) is 21.8. The number of carbonyl (C=O) groups is 1. The zero-order valence-corrected chi connectivity index (χ0v) is 19.4. The van der Waals surface area contributed by atoms with Crippen LogP contribution in [0.1, 0.15) is 25.0 Å². The molecule has 1 aromatic heterocycles. The van der Waals surface area contributed by atoms with Crippen LogP contribution in [0.15, 0.2) is 46.3 Å². The van der Waals surface area contributed by atoms with E-state index in [1.165, 1.54) is 16.4 Å². The van der Waals surface area contributed by atoms with Crippen LogP contribution in [0.5, 0.6) is 5.88 Å². The summed E-state index contributed by atoms with van der Waals surface area (Å²) >= 11 is 0. The van der Waals surface area contributed by atoms with Gasteiger partial charge in [0, 0.05) is 30.2 Å². The molecular formula is C24H25N3O5S. The summed E-state index contributed by atoms with van der Waals surface area (Å²) in [5, 5.41) is 12.7. The van der Waals surface area contributed by atoms with E-state index in [4.69, 9.17) is 4.74 Å². The summed E-state index contributed by atoms with van der Waals surface area (Å²) in [6, 6.07) is 10.3. The summed E-state index contributed by atoms with van der Waals surface area (Å²) < 4.78 is 34.9. The molecule has 9 heteroatoms. The minimum absolute atomic E-state index is 0.0127. The van der Waals surface area contributed by atoms with Crippen LogP contribution in [-0.4, -0.2) is 54.6 Å². The normalized spacial score (nSPS) is 16.9. The molecule has 0 atom stereocenters. The Morgan fingerprint density at radius 2 is 1.88 bits per heavy atom. The lowest BCUT2D eigenvalue weighted by molar-refractivity contribution is -0.112. The SMILES string of the molecule is CCc1cccc2c(C3=c4cc(S(=O)(=O)N5CCOCC5)ccc4=NC3=O)c(O)n(CC)c12. The Hall–Kier alpha value is -3.01. The number of aromatic nitrogens is 1. The maximum absolute atomic E-state index is 13.2. The lowest BCUT2D eigenvalue weighted by Crippen LogP contribution is -2.41. The fraction of sp³-hybridized carbons (Fsp3) is 0.333. The molecule has 2 aromatic carbocycles. The number of hydrogen-bond donors (Lipinski definition) is 1. The molecule has 0 saturated carbocycles. The van der Waals surface area contributed by atoms with Gasteiger partial charge in [0.2, 0.25) is 10.0 Å². The van der Waals surface area contributed by atoms with Crippen LogP contribution < -0.4 is 10.6 Å². The Bertz CT molecular complexity index is 1520. The van der Waals surface area contributed by atoms with Crippen molar-refractivity contribution >= 4 is 32.4 Å². The van der Waals surface area contributed by atoms with Crippen LogP contribution in [0.25, 0.3) is 16.5 Å². The van der Waals surface area contributed by atoms with Crippen LogP contribution in [0.2, 0.25) is 0 Å². The summed E-state index contributed by atoms with van der Waals surface area (Å²) in [5.41, 5.74) is 2.56. The minimum Gasteiger partial charge on any atom is -0.494 e. The summed E-state index contributed by atoms with van der Waals surface area (Å²) in [5.74, 6) is -0.500. The fourth-order valence-corrected chi connectivity index (χ4v) is 6.18. The first-order valence-electron chi connectivity index (χ1n) is 11.1. The molecule has 1 fully saturated rings. The monoisotopic (exact) mass is 467 g/mol. The van der Waals surface area contributed by atoms with E-state index in [1.807, 2.05) is 32.0 Å². The standard InChI is InChI=1S/C24H25N3O5S/c1-3-15-6-5-7-17-21(24(29)27(4-2)22(15)17)20-18-14-16(8-9-19(18)25-23(20)28)33(30,31)26-10-12-32-13-11-26/h5-9,14,29H,3-4,10-13H2,1-2H3. The van der Waals surface area contributed by atoms with E-state index in [9.17, 15) is 18.3 Å². The first-order chi connectivity index (χ1) is 15.9. The largest absolute Gasteiger partial charge is 0.494 e. The van der Waals surface area contributed by atoms with Crippen molar-refractivity contribution in [2.24, 2.45) is 4.99 Å². The van der Waals surface area contributed by atoms with Crippen molar-refractivity contribution in [2.45, 2.75) is 31.7 Å². The average Bonchev–Trinajstić information content (AvgIpc) is 3.30. The second-order valence-electron chi connectivity index (χ2n) is 8.10. The maximum atomic E-state index is 13.2. The third-order valence-corrected chi connectivity index (χ3v) is 8.26. The highest BCUT2D eigenvalue weighted by Gasteiger charge is 2.30. The van der Waals surface area contributed by atoms with Gasteiger partial charge in [-0.25, -0.2) is 13.4 Å². The van der Waals surface area contributed by atoms with Crippen molar-refractivity contribution in [1.29, 1.82) is 0 Å². The van der Waals surface area contributed by atoms with Gasteiger partial charge in [-0.3, -0.25) is 4.79 Å². The molecule has 0 bridgehead atoms. The van der Waals surface area contributed by atoms with Gasteiger partial charge in [0.1, 0.15) is 0 Å². The predicted octanol–water partition coefficient (Wildman–Crippen LogP) is 1.31.